The molecule has 0 radical (unpaired) electrons. The van der Waals surface area contributed by atoms with E-state index in [1.165, 1.54) is 24.3 Å². The second kappa shape index (κ2) is 6.52. The summed E-state index contributed by atoms with van der Waals surface area (Å²) >= 11 is 0. The molecule has 20 heavy (non-hydrogen) atoms. The Labute approximate surface area is 116 Å². The summed E-state index contributed by atoms with van der Waals surface area (Å²) in [5.41, 5.74) is 1.59. The van der Waals surface area contributed by atoms with E-state index >= 15 is 0 Å². The SMILES string of the molecule is O=C(O)c1ccc(C(=O)OCCc2ccccc2)cc1. The van der Waals surface area contributed by atoms with E-state index in [4.69, 9.17) is 9.84 Å². The molecule has 0 aliphatic rings. The fourth-order valence-electron chi connectivity index (χ4n) is 1.74. The van der Waals surface area contributed by atoms with Gasteiger partial charge < -0.3 is 9.84 Å². The third-order valence-corrected chi connectivity index (χ3v) is 2.83. The predicted octanol–water partition coefficient (Wildman–Crippen LogP) is 2.78. The van der Waals surface area contributed by atoms with E-state index in [0.717, 1.165) is 5.56 Å². The predicted molar refractivity (Wildman–Crippen MR) is 73.8 cm³/mol. The fourth-order valence-corrected chi connectivity index (χ4v) is 1.74. The van der Waals surface area contributed by atoms with Crippen LogP contribution in [0.4, 0.5) is 0 Å². The molecule has 0 aromatic heterocycles. The molecular formula is C16H14O4. The minimum Gasteiger partial charge on any atom is -0.478 e. The van der Waals surface area contributed by atoms with Gasteiger partial charge in [-0.1, -0.05) is 30.3 Å². The number of rotatable bonds is 5. The highest BCUT2D eigenvalue weighted by molar-refractivity contribution is 5.92. The first kappa shape index (κ1) is 13.8. The largest absolute Gasteiger partial charge is 0.478 e. The van der Waals surface area contributed by atoms with Crippen LogP contribution >= 0.6 is 0 Å². The number of ether oxygens (including phenoxy) is 1. The number of carboxylic acids is 1. The first-order valence-corrected chi connectivity index (χ1v) is 6.21. The highest BCUT2D eigenvalue weighted by Gasteiger charge is 2.08. The number of carbonyl (C=O) groups excluding carboxylic acids is 1. The zero-order valence-electron chi connectivity index (χ0n) is 10.8. The molecule has 0 fully saturated rings. The Kier molecular flexibility index (Phi) is 4.50. The second-order valence-electron chi connectivity index (χ2n) is 4.25. The number of carbonyl (C=O) groups is 2. The Morgan fingerprint density at radius 3 is 2.10 bits per heavy atom. The molecule has 0 spiro atoms. The molecule has 102 valence electrons. The van der Waals surface area contributed by atoms with Crippen molar-refractivity contribution in [3.8, 4) is 0 Å². The van der Waals surface area contributed by atoms with E-state index in [1.54, 1.807) is 0 Å². The lowest BCUT2D eigenvalue weighted by atomic mass is 10.1. The van der Waals surface area contributed by atoms with Gasteiger partial charge in [0.05, 0.1) is 17.7 Å². The van der Waals surface area contributed by atoms with Crippen LogP contribution in [0.15, 0.2) is 54.6 Å². The van der Waals surface area contributed by atoms with E-state index in [9.17, 15) is 9.59 Å². The number of hydrogen-bond donors (Lipinski definition) is 1. The van der Waals surface area contributed by atoms with Crippen molar-refractivity contribution in [3.05, 3.63) is 71.3 Å². The Hall–Kier alpha value is -2.62. The number of carboxylic acid groups (broad SMARTS) is 1. The van der Waals surface area contributed by atoms with Crippen LogP contribution in [0.3, 0.4) is 0 Å². The summed E-state index contributed by atoms with van der Waals surface area (Å²) in [6.07, 6.45) is 0.653. The molecule has 0 bridgehead atoms. The molecule has 0 amide bonds. The van der Waals surface area contributed by atoms with Gasteiger partial charge >= 0.3 is 11.9 Å². The summed E-state index contributed by atoms with van der Waals surface area (Å²) in [7, 11) is 0. The summed E-state index contributed by atoms with van der Waals surface area (Å²) < 4.78 is 5.15. The van der Waals surface area contributed by atoms with Gasteiger partial charge in [-0.05, 0) is 29.8 Å². The third kappa shape index (κ3) is 3.68. The van der Waals surface area contributed by atoms with Crippen molar-refractivity contribution >= 4 is 11.9 Å². The maximum atomic E-state index is 11.7. The van der Waals surface area contributed by atoms with Crippen LogP contribution in [0.25, 0.3) is 0 Å². The topological polar surface area (TPSA) is 63.6 Å². The van der Waals surface area contributed by atoms with Gasteiger partial charge in [0.15, 0.2) is 0 Å². The molecule has 2 aromatic rings. The zero-order chi connectivity index (χ0) is 14.4. The zero-order valence-corrected chi connectivity index (χ0v) is 10.8. The van der Waals surface area contributed by atoms with E-state index < -0.39 is 11.9 Å². The minimum atomic E-state index is -1.02. The van der Waals surface area contributed by atoms with E-state index in [-0.39, 0.29) is 5.56 Å². The van der Waals surface area contributed by atoms with Crippen LogP contribution in [0.1, 0.15) is 26.3 Å². The van der Waals surface area contributed by atoms with E-state index in [1.807, 2.05) is 30.3 Å². The number of aromatic carboxylic acids is 1. The molecular weight excluding hydrogens is 256 g/mol. The molecule has 0 atom stereocenters. The van der Waals surface area contributed by atoms with Gasteiger partial charge in [0, 0.05) is 6.42 Å². The van der Waals surface area contributed by atoms with E-state index in [0.29, 0.717) is 18.6 Å². The molecule has 0 saturated carbocycles. The van der Waals surface area contributed by atoms with Crippen molar-refractivity contribution in [2.75, 3.05) is 6.61 Å². The molecule has 2 aromatic carbocycles. The quantitative estimate of drug-likeness (QED) is 0.848. The molecule has 4 nitrogen and oxygen atoms in total. The van der Waals surface area contributed by atoms with Gasteiger partial charge in [0.25, 0.3) is 0 Å². The summed E-state index contributed by atoms with van der Waals surface area (Å²) in [5, 5.41) is 8.77. The standard InChI is InChI=1S/C16H14O4/c17-15(18)13-6-8-14(9-7-13)16(19)20-11-10-12-4-2-1-3-5-12/h1-9H,10-11H2,(H,17,18). The Morgan fingerprint density at radius 2 is 1.50 bits per heavy atom. The highest BCUT2D eigenvalue weighted by atomic mass is 16.5. The van der Waals surface area contributed by atoms with Gasteiger partial charge in [-0.3, -0.25) is 0 Å². The smallest absolute Gasteiger partial charge is 0.338 e. The lowest BCUT2D eigenvalue weighted by molar-refractivity contribution is 0.0508. The van der Waals surface area contributed by atoms with Crippen molar-refractivity contribution in [3.63, 3.8) is 0 Å². The molecule has 0 aliphatic heterocycles. The molecule has 0 unspecified atom stereocenters. The monoisotopic (exact) mass is 270 g/mol. The second-order valence-corrected chi connectivity index (χ2v) is 4.25. The van der Waals surface area contributed by atoms with Crippen LogP contribution in [-0.2, 0) is 11.2 Å². The molecule has 1 N–H and O–H groups in total. The number of hydrogen-bond acceptors (Lipinski definition) is 3. The molecule has 0 heterocycles. The summed E-state index contributed by atoms with van der Waals surface area (Å²) in [4.78, 5) is 22.4. The van der Waals surface area contributed by atoms with Gasteiger partial charge in [-0.25, -0.2) is 9.59 Å². The maximum Gasteiger partial charge on any atom is 0.338 e. The van der Waals surface area contributed by atoms with Crippen LogP contribution < -0.4 is 0 Å². The van der Waals surface area contributed by atoms with Crippen LogP contribution in [0, 0.1) is 0 Å². The fraction of sp³-hybridized carbons (Fsp3) is 0.125. The van der Waals surface area contributed by atoms with E-state index in [2.05, 4.69) is 0 Å². The molecule has 4 heteroatoms. The van der Waals surface area contributed by atoms with Crippen molar-refractivity contribution in [2.24, 2.45) is 0 Å². The Bertz CT molecular complexity index is 588. The van der Waals surface area contributed by atoms with Crippen molar-refractivity contribution in [1.29, 1.82) is 0 Å². The van der Waals surface area contributed by atoms with Gasteiger partial charge in [-0.15, -0.1) is 0 Å². The summed E-state index contributed by atoms with van der Waals surface area (Å²) in [5.74, 6) is -1.47. The lowest BCUT2D eigenvalue weighted by Gasteiger charge is -2.05. The van der Waals surface area contributed by atoms with Gasteiger partial charge in [0.2, 0.25) is 0 Å². The summed E-state index contributed by atoms with van der Waals surface area (Å²) in [6, 6.07) is 15.4. The van der Waals surface area contributed by atoms with Crippen LogP contribution in [-0.4, -0.2) is 23.7 Å². The maximum absolute atomic E-state index is 11.7. The number of benzene rings is 2. The average Bonchev–Trinajstić information content (AvgIpc) is 2.48. The molecule has 0 saturated heterocycles. The summed E-state index contributed by atoms with van der Waals surface area (Å²) in [6.45, 7) is 0.295. The normalized spacial score (nSPS) is 10.0. The van der Waals surface area contributed by atoms with Crippen LogP contribution in [0.2, 0.25) is 0 Å². The van der Waals surface area contributed by atoms with Gasteiger partial charge in [0.1, 0.15) is 0 Å². The number of esters is 1. The Balaban J connectivity index is 1.87. The molecule has 2 rings (SSSR count). The van der Waals surface area contributed by atoms with Gasteiger partial charge in [-0.2, -0.15) is 0 Å². The van der Waals surface area contributed by atoms with Crippen LogP contribution in [0.5, 0.6) is 0 Å². The lowest BCUT2D eigenvalue weighted by Crippen LogP contribution is -2.08. The highest BCUT2D eigenvalue weighted by Crippen LogP contribution is 2.07. The van der Waals surface area contributed by atoms with Crippen molar-refractivity contribution < 1.29 is 19.4 Å². The van der Waals surface area contributed by atoms with Crippen molar-refractivity contribution in [1.82, 2.24) is 0 Å². The average molecular weight is 270 g/mol. The third-order valence-electron chi connectivity index (χ3n) is 2.83. The van der Waals surface area contributed by atoms with Crippen molar-refractivity contribution in [2.45, 2.75) is 6.42 Å². The first-order chi connectivity index (χ1) is 9.66. The first-order valence-electron chi connectivity index (χ1n) is 6.21. The Morgan fingerprint density at radius 1 is 0.900 bits per heavy atom. The minimum absolute atomic E-state index is 0.144. The molecule has 0 aliphatic carbocycles.